The lowest BCUT2D eigenvalue weighted by atomic mass is 9.91. The monoisotopic (exact) mass is 117 g/mol. The second kappa shape index (κ2) is 1.69. The SMILES string of the molecule is CC1(C)CNCC1F. The van der Waals surface area contributed by atoms with E-state index >= 15 is 0 Å². The fourth-order valence-electron chi connectivity index (χ4n) is 0.908. The molecule has 2 heteroatoms. The number of alkyl halides is 1. The van der Waals surface area contributed by atoms with E-state index in [1.54, 1.807) is 0 Å². The normalized spacial score (nSPS) is 35.6. The fourth-order valence-corrected chi connectivity index (χ4v) is 0.908. The lowest BCUT2D eigenvalue weighted by molar-refractivity contribution is 0.203. The van der Waals surface area contributed by atoms with Crippen LogP contribution in [0.25, 0.3) is 0 Å². The third kappa shape index (κ3) is 0.848. The minimum atomic E-state index is -0.650. The molecule has 0 aromatic rings. The van der Waals surface area contributed by atoms with Crippen molar-refractivity contribution in [3.05, 3.63) is 0 Å². The van der Waals surface area contributed by atoms with Gasteiger partial charge in [0.25, 0.3) is 0 Å². The molecule has 8 heavy (non-hydrogen) atoms. The van der Waals surface area contributed by atoms with Crippen molar-refractivity contribution in [1.29, 1.82) is 0 Å². The molecule has 0 amide bonds. The van der Waals surface area contributed by atoms with Crippen LogP contribution in [0.1, 0.15) is 13.8 Å². The quantitative estimate of drug-likeness (QED) is 0.498. The van der Waals surface area contributed by atoms with Crippen LogP contribution in [-0.2, 0) is 0 Å². The topological polar surface area (TPSA) is 12.0 Å². The third-order valence-electron chi connectivity index (χ3n) is 1.75. The van der Waals surface area contributed by atoms with Crippen LogP contribution in [-0.4, -0.2) is 19.3 Å². The minimum Gasteiger partial charge on any atom is -0.313 e. The van der Waals surface area contributed by atoms with Crippen LogP contribution in [0.5, 0.6) is 0 Å². The molecule has 0 radical (unpaired) electrons. The van der Waals surface area contributed by atoms with Gasteiger partial charge in [-0.15, -0.1) is 0 Å². The van der Waals surface area contributed by atoms with E-state index in [2.05, 4.69) is 5.32 Å². The number of hydrogen-bond donors (Lipinski definition) is 1. The van der Waals surface area contributed by atoms with E-state index in [-0.39, 0.29) is 5.41 Å². The highest BCUT2D eigenvalue weighted by molar-refractivity contribution is 4.88. The van der Waals surface area contributed by atoms with Gasteiger partial charge in [-0.1, -0.05) is 13.8 Å². The van der Waals surface area contributed by atoms with E-state index in [4.69, 9.17) is 0 Å². The lowest BCUT2D eigenvalue weighted by Gasteiger charge is -2.17. The van der Waals surface area contributed by atoms with Gasteiger partial charge in [-0.05, 0) is 0 Å². The molecular formula is C6H12FN. The first kappa shape index (κ1) is 6.02. The van der Waals surface area contributed by atoms with Crippen molar-refractivity contribution in [2.45, 2.75) is 20.0 Å². The highest BCUT2D eigenvalue weighted by atomic mass is 19.1. The summed E-state index contributed by atoms with van der Waals surface area (Å²) in [4.78, 5) is 0. The molecule has 1 nitrogen and oxygen atoms in total. The Balaban J connectivity index is 2.54. The fraction of sp³-hybridized carbons (Fsp3) is 1.00. The molecule has 0 bridgehead atoms. The smallest absolute Gasteiger partial charge is 0.119 e. The van der Waals surface area contributed by atoms with Crippen molar-refractivity contribution in [1.82, 2.24) is 5.32 Å². The van der Waals surface area contributed by atoms with Gasteiger partial charge in [0.2, 0.25) is 0 Å². The van der Waals surface area contributed by atoms with Gasteiger partial charge < -0.3 is 5.32 Å². The molecular weight excluding hydrogens is 105 g/mol. The van der Waals surface area contributed by atoms with Crippen LogP contribution >= 0.6 is 0 Å². The van der Waals surface area contributed by atoms with Crippen molar-refractivity contribution < 1.29 is 4.39 Å². The molecule has 0 aromatic heterocycles. The first-order chi connectivity index (χ1) is 3.63. The van der Waals surface area contributed by atoms with Gasteiger partial charge >= 0.3 is 0 Å². The first-order valence-electron chi connectivity index (χ1n) is 2.98. The van der Waals surface area contributed by atoms with E-state index in [1.807, 2.05) is 13.8 Å². The van der Waals surface area contributed by atoms with Crippen LogP contribution in [0.15, 0.2) is 0 Å². The molecule has 1 unspecified atom stereocenters. The lowest BCUT2D eigenvalue weighted by Crippen LogP contribution is -2.22. The number of halogens is 1. The van der Waals surface area contributed by atoms with Gasteiger partial charge in [0, 0.05) is 18.5 Å². The molecule has 1 N–H and O–H groups in total. The van der Waals surface area contributed by atoms with Crippen molar-refractivity contribution in [2.24, 2.45) is 5.41 Å². The summed E-state index contributed by atoms with van der Waals surface area (Å²) in [5.41, 5.74) is -0.125. The number of nitrogens with one attached hydrogen (secondary N) is 1. The molecule has 0 aromatic carbocycles. The van der Waals surface area contributed by atoms with Gasteiger partial charge in [0.15, 0.2) is 0 Å². The van der Waals surface area contributed by atoms with Crippen LogP contribution in [0.3, 0.4) is 0 Å². The summed E-state index contributed by atoms with van der Waals surface area (Å²) in [5, 5.41) is 2.99. The van der Waals surface area contributed by atoms with Gasteiger partial charge in [0.1, 0.15) is 6.17 Å². The summed E-state index contributed by atoms with van der Waals surface area (Å²) in [6.45, 7) is 5.23. The van der Waals surface area contributed by atoms with Crippen LogP contribution in [0.4, 0.5) is 4.39 Å². The van der Waals surface area contributed by atoms with Crippen molar-refractivity contribution in [2.75, 3.05) is 13.1 Å². The molecule has 1 fully saturated rings. The Bertz CT molecular complexity index is 90.5. The van der Waals surface area contributed by atoms with Crippen LogP contribution < -0.4 is 5.32 Å². The summed E-state index contributed by atoms with van der Waals surface area (Å²) >= 11 is 0. The maximum Gasteiger partial charge on any atom is 0.119 e. The Labute approximate surface area is 49.3 Å². The third-order valence-corrected chi connectivity index (χ3v) is 1.75. The molecule has 1 rings (SSSR count). The number of rotatable bonds is 0. The average molecular weight is 117 g/mol. The Hall–Kier alpha value is -0.110. The van der Waals surface area contributed by atoms with Crippen molar-refractivity contribution >= 4 is 0 Å². The molecule has 1 aliphatic heterocycles. The van der Waals surface area contributed by atoms with Crippen molar-refractivity contribution in [3.63, 3.8) is 0 Å². The predicted molar refractivity (Wildman–Crippen MR) is 31.5 cm³/mol. The highest BCUT2D eigenvalue weighted by Gasteiger charge is 2.33. The predicted octanol–water partition coefficient (Wildman–Crippen LogP) is 0.954. The van der Waals surface area contributed by atoms with E-state index in [1.165, 1.54) is 0 Å². The second-order valence-corrected chi connectivity index (χ2v) is 3.09. The number of hydrogen-bond acceptors (Lipinski definition) is 1. The summed E-state index contributed by atoms with van der Waals surface area (Å²) in [6.07, 6.45) is -0.650. The summed E-state index contributed by atoms with van der Waals surface area (Å²) in [6, 6.07) is 0. The van der Waals surface area contributed by atoms with Crippen molar-refractivity contribution in [3.8, 4) is 0 Å². The van der Waals surface area contributed by atoms with Gasteiger partial charge in [-0.3, -0.25) is 0 Å². The molecule has 1 aliphatic rings. The van der Waals surface area contributed by atoms with Crippen LogP contribution in [0.2, 0.25) is 0 Å². The van der Waals surface area contributed by atoms with Gasteiger partial charge in [0.05, 0.1) is 0 Å². The second-order valence-electron chi connectivity index (χ2n) is 3.09. The van der Waals surface area contributed by atoms with E-state index in [0.717, 1.165) is 6.54 Å². The molecule has 1 atom stereocenters. The maximum absolute atomic E-state index is 12.6. The summed E-state index contributed by atoms with van der Waals surface area (Å²) in [7, 11) is 0. The summed E-state index contributed by atoms with van der Waals surface area (Å²) < 4.78 is 12.6. The maximum atomic E-state index is 12.6. The standard InChI is InChI=1S/C6H12FN/c1-6(2)4-8-3-5(6)7/h5,8H,3-4H2,1-2H3. The molecule has 48 valence electrons. The molecule has 1 saturated heterocycles. The Morgan fingerprint density at radius 2 is 2.25 bits per heavy atom. The van der Waals surface area contributed by atoms with Gasteiger partial charge in [-0.25, -0.2) is 4.39 Å². The Morgan fingerprint density at radius 1 is 1.62 bits per heavy atom. The highest BCUT2D eigenvalue weighted by Crippen LogP contribution is 2.25. The largest absolute Gasteiger partial charge is 0.313 e. The Morgan fingerprint density at radius 3 is 2.38 bits per heavy atom. The van der Waals surface area contributed by atoms with E-state index < -0.39 is 6.17 Å². The zero-order valence-corrected chi connectivity index (χ0v) is 5.37. The summed E-state index contributed by atoms with van der Waals surface area (Å²) in [5.74, 6) is 0. The zero-order chi connectivity index (χ0) is 6.20. The molecule has 0 spiro atoms. The van der Waals surface area contributed by atoms with Gasteiger partial charge in [-0.2, -0.15) is 0 Å². The average Bonchev–Trinajstić information content (AvgIpc) is 1.86. The van der Waals surface area contributed by atoms with E-state index in [9.17, 15) is 4.39 Å². The van der Waals surface area contributed by atoms with Crippen LogP contribution in [0, 0.1) is 5.41 Å². The minimum absolute atomic E-state index is 0.125. The molecule has 1 heterocycles. The Kier molecular flexibility index (Phi) is 1.27. The van der Waals surface area contributed by atoms with E-state index in [0.29, 0.717) is 6.54 Å². The molecule has 0 aliphatic carbocycles. The zero-order valence-electron chi connectivity index (χ0n) is 5.37. The molecule has 0 saturated carbocycles. The first-order valence-corrected chi connectivity index (χ1v) is 2.98.